The fourth-order valence-corrected chi connectivity index (χ4v) is 3.33. The summed E-state index contributed by atoms with van der Waals surface area (Å²) < 4.78 is 17.9. The molecule has 2 aliphatic rings. The first-order chi connectivity index (χ1) is 12.4. The van der Waals surface area contributed by atoms with Gasteiger partial charge in [-0.1, -0.05) is 6.07 Å². The minimum absolute atomic E-state index is 0.176. The van der Waals surface area contributed by atoms with Crippen LogP contribution in [0.25, 0.3) is 11.1 Å². The van der Waals surface area contributed by atoms with E-state index in [-0.39, 0.29) is 6.10 Å². The van der Waals surface area contributed by atoms with Gasteiger partial charge in [0.1, 0.15) is 13.2 Å². The molecule has 0 spiro atoms. The number of nitrogens with one attached hydrogen (secondary N) is 1. The third kappa shape index (κ3) is 3.94. The maximum atomic E-state index is 6.16. The molecular weight excluding hydrogens is 316 g/mol. The molecule has 1 fully saturated rings. The number of hydrogen-bond acceptors (Lipinski definition) is 5. The number of rotatable bonds is 4. The van der Waals surface area contributed by atoms with E-state index < -0.39 is 0 Å². The summed E-state index contributed by atoms with van der Waals surface area (Å²) in [7, 11) is 0. The van der Waals surface area contributed by atoms with Gasteiger partial charge in [0.25, 0.3) is 0 Å². The van der Waals surface area contributed by atoms with Crippen molar-refractivity contribution in [2.45, 2.75) is 31.9 Å². The number of fused-ring (bicyclic) bond motifs is 1. The minimum atomic E-state index is 0.176. The monoisotopic (exact) mass is 340 g/mol. The fraction of sp³-hybridized carbons (Fsp3) is 0.450. The van der Waals surface area contributed by atoms with E-state index in [0.29, 0.717) is 13.2 Å². The number of benzene rings is 1. The summed E-state index contributed by atoms with van der Waals surface area (Å²) in [4.78, 5) is 4.23. The van der Waals surface area contributed by atoms with E-state index in [9.17, 15) is 0 Å². The van der Waals surface area contributed by atoms with E-state index in [0.717, 1.165) is 60.7 Å². The zero-order chi connectivity index (χ0) is 16.9. The van der Waals surface area contributed by atoms with Gasteiger partial charge < -0.3 is 19.5 Å². The van der Waals surface area contributed by atoms with Crippen molar-refractivity contribution < 1.29 is 14.2 Å². The second-order valence-corrected chi connectivity index (χ2v) is 6.53. The van der Waals surface area contributed by atoms with Crippen LogP contribution in [0.2, 0.25) is 0 Å². The van der Waals surface area contributed by atoms with Crippen LogP contribution < -0.4 is 14.8 Å². The summed E-state index contributed by atoms with van der Waals surface area (Å²) in [5.41, 5.74) is 3.30. The van der Waals surface area contributed by atoms with Gasteiger partial charge in [-0.2, -0.15) is 0 Å². The van der Waals surface area contributed by atoms with Crippen molar-refractivity contribution in [3.63, 3.8) is 0 Å². The van der Waals surface area contributed by atoms with Gasteiger partial charge >= 0.3 is 0 Å². The average molecular weight is 340 g/mol. The molecule has 0 saturated carbocycles. The Hall–Kier alpha value is -2.11. The second-order valence-electron chi connectivity index (χ2n) is 6.53. The maximum Gasteiger partial charge on any atom is 0.165 e. The lowest BCUT2D eigenvalue weighted by Crippen LogP contribution is -2.26. The highest BCUT2D eigenvalue weighted by molar-refractivity contribution is 5.68. The lowest BCUT2D eigenvalue weighted by molar-refractivity contribution is -0.0115. The van der Waals surface area contributed by atoms with Crippen molar-refractivity contribution in [3.8, 4) is 22.6 Å². The Morgan fingerprint density at radius 2 is 2.20 bits per heavy atom. The minimum Gasteiger partial charge on any atom is -0.488 e. The second kappa shape index (κ2) is 7.85. The molecule has 2 aliphatic heterocycles. The predicted octanol–water partition coefficient (Wildman–Crippen LogP) is 3.18. The summed E-state index contributed by atoms with van der Waals surface area (Å²) in [5, 5.41) is 3.39. The van der Waals surface area contributed by atoms with Crippen molar-refractivity contribution in [1.82, 2.24) is 10.3 Å². The zero-order valence-corrected chi connectivity index (χ0v) is 14.4. The molecule has 4 rings (SSSR count). The van der Waals surface area contributed by atoms with E-state index >= 15 is 0 Å². The van der Waals surface area contributed by atoms with E-state index in [1.807, 2.05) is 12.3 Å². The molecule has 132 valence electrons. The number of nitrogens with zero attached hydrogens (tertiary/aromatic N) is 1. The van der Waals surface area contributed by atoms with E-state index in [1.54, 1.807) is 6.20 Å². The summed E-state index contributed by atoms with van der Waals surface area (Å²) in [5.74, 6) is 1.66. The molecule has 0 amide bonds. The first kappa shape index (κ1) is 16.4. The molecule has 1 unspecified atom stereocenters. The lowest BCUT2D eigenvalue weighted by Gasteiger charge is -2.24. The summed E-state index contributed by atoms with van der Waals surface area (Å²) >= 11 is 0. The highest BCUT2D eigenvalue weighted by atomic mass is 16.5. The van der Waals surface area contributed by atoms with Crippen LogP contribution in [0.5, 0.6) is 11.5 Å². The quantitative estimate of drug-likeness (QED) is 0.926. The Balaban J connectivity index is 1.62. The largest absolute Gasteiger partial charge is 0.488 e. The lowest BCUT2D eigenvalue weighted by atomic mass is 10.0. The van der Waals surface area contributed by atoms with Crippen LogP contribution in [0.1, 0.15) is 24.8 Å². The summed E-state index contributed by atoms with van der Waals surface area (Å²) in [6.45, 7) is 3.67. The number of pyridine rings is 1. The third-order valence-electron chi connectivity index (χ3n) is 4.67. The molecule has 1 N–H and O–H groups in total. The highest BCUT2D eigenvalue weighted by Crippen LogP contribution is 2.37. The Morgan fingerprint density at radius 1 is 1.20 bits per heavy atom. The van der Waals surface area contributed by atoms with Crippen LogP contribution in [0, 0.1) is 0 Å². The van der Waals surface area contributed by atoms with Gasteiger partial charge in [-0.15, -0.1) is 0 Å². The number of ether oxygens (including phenoxy) is 3. The van der Waals surface area contributed by atoms with Gasteiger partial charge in [0.2, 0.25) is 0 Å². The van der Waals surface area contributed by atoms with Gasteiger partial charge in [-0.05, 0) is 43.0 Å². The summed E-state index contributed by atoms with van der Waals surface area (Å²) in [6.07, 6.45) is 7.26. The van der Waals surface area contributed by atoms with Gasteiger partial charge in [0.15, 0.2) is 11.5 Å². The van der Waals surface area contributed by atoms with Crippen LogP contribution >= 0.6 is 0 Å². The smallest absolute Gasteiger partial charge is 0.165 e. The van der Waals surface area contributed by atoms with Gasteiger partial charge in [0, 0.05) is 43.2 Å². The first-order valence-corrected chi connectivity index (χ1v) is 9.05. The Kier molecular flexibility index (Phi) is 5.14. The molecule has 1 aromatic heterocycles. The third-order valence-corrected chi connectivity index (χ3v) is 4.67. The highest BCUT2D eigenvalue weighted by Gasteiger charge is 2.20. The molecule has 3 heterocycles. The Labute approximate surface area is 148 Å². The molecule has 5 heteroatoms. The van der Waals surface area contributed by atoms with Crippen LogP contribution in [-0.4, -0.2) is 37.5 Å². The van der Waals surface area contributed by atoms with Crippen LogP contribution in [0.3, 0.4) is 0 Å². The molecule has 1 atom stereocenters. The standard InChI is InChI=1S/C20H24N2O3/c1-2-8-23-18(5-1)14-25-19-11-16(15-4-3-6-21-12-15)10-17-13-22-7-9-24-20(17)19/h3-4,6,10-12,18,22H,1-2,5,7-9,13-14H2. The average Bonchev–Trinajstić information content (AvgIpc) is 2.93. The van der Waals surface area contributed by atoms with Gasteiger partial charge in [-0.3, -0.25) is 4.98 Å². The zero-order valence-electron chi connectivity index (χ0n) is 14.4. The molecule has 5 nitrogen and oxygen atoms in total. The van der Waals surface area contributed by atoms with Crippen LogP contribution in [0.15, 0.2) is 36.7 Å². The van der Waals surface area contributed by atoms with Crippen molar-refractivity contribution >= 4 is 0 Å². The topological polar surface area (TPSA) is 52.6 Å². The van der Waals surface area contributed by atoms with E-state index in [2.05, 4.69) is 28.5 Å². The molecule has 0 bridgehead atoms. The molecule has 25 heavy (non-hydrogen) atoms. The molecule has 2 aromatic rings. The van der Waals surface area contributed by atoms with Crippen LogP contribution in [-0.2, 0) is 11.3 Å². The predicted molar refractivity (Wildman–Crippen MR) is 96.0 cm³/mol. The molecular formula is C20H24N2O3. The van der Waals surface area contributed by atoms with E-state index in [1.165, 1.54) is 6.42 Å². The van der Waals surface area contributed by atoms with Crippen molar-refractivity contribution in [3.05, 3.63) is 42.2 Å². The molecule has 0 radical (unpaired) electrons. The van der Waals surface area contributed by atoms with Crippen molar-refractivity contribution in [1.29, 1.82) is 0 Å². The normalized spacial score (nSPS) is 20.2. The Bertz CT molecular complexity index is 700. The van der Waals surface area contributed by atoms with Crippen molar-refractivity contribution in [2.24, 2.45) is 0 Å². The van der Waals surface area contributed by atoms with E-state index in [4.69, 9.17) is 14.2 Å². The van der Waals surface area contributed by atoms with Gasteiger partial charge in [-0.25, -0.2) is 0 Å². The van der Waals surface area contributed by atoms with Gasteiger partial charge in [0.05, 0.1) is 6.10 Å². The maximum absolute atomic E-state index is 6.16. The van der Waals surface area contributed by atoms with Crippen LogP contribution in [0.4, 0.5) is 0 Å². The molecule has 1 aromatic carbocycles. The van der Waals surface area contributed by atoms with Crippen molar-refractivity contribution in [2.75, 3.05) is 26.4 Å². The fourth-order valence-electron chi connectivity index (χ4n) is 3.33. The number of hydrogen-bond donors (Lipinski definition) is 1. The molecule has 0 aliphatic carbocycles. The SMILES string of the molecule is c1cncc(-c2cc3c(c(OCC4CCCCO4)c2)OCCNC3)c1. The first-order valence-electron chi connectivity index (χ1n) is 9.05. The molecule has 1 saturated heterocycles. The Morgan fingerprint density at radius 3 is 3.04 bits per heavy atom. The summed E-state index contributed by atoms with van der Waals surface area (Å²) in [6, 6.07) is 8.23. The number of aromatic nitrogens is 1.